The topological polar surface area (TPSA) is 73.4 Å². The molecule has 1 aromatic rings. The maximum absolute atomic E-state index is 12.1. The summed E-state index contributed by atoms with van der Waals surface area (Å²) >= 11 is 3.25. The molecule has 17 heavy (non-hydrogen) atoms. The van der Waals surface area contributed by atoms with E-state index in [2.05, 4.69) is 20.9 Å². The number of hydrogen-bond donors (Lipinski definition) is 2. The first kappa shape index (κ1) is 13.8. The Morgan fingerprint density at radius 3 is 2.65 bits per heavy atom. The van der Waals surface area contributed by atoms with Crippen LogP contribution in [0.25, 0.3) is 0 Å². The number of carbonyl (C=O) groups is 2. The van der Waals surface area contributed by atoms with Crippen LogP contribution >= 0.6 is 15.9 Å². The molecule has 1 atom stereocenters. The van der Waals surface area contributed by atoms with Crippen LogP contribution < -0.4 is 0 Å². The van der Waals surface area contributed by atoms with Crippen LogP contribution in [-0.2, 0) is 4.79 Å². The van der Waals surface area contributed by atoms with E-state index in [1.165, 1.54) is 4.90 Å². The molecule has 0 aliphatic heterocycles. The van der Waals surface area contributed by atoms with Gasteiger partial charge in [0.1, 0.15) is 5.69 Å². The highest BCUT2D eigenvalue weighted by molar-refractivity contribution is 9.10. The average Bonchev–Trinajstić information content (AvgIpc) is 2.64. The van der Waals surface area contributed by atoms with Gasteiger partial charge in [-0.15, -0.1) is 0 Å². The number of carboxylic acids is 1. The molecule has 0 fully saturated rings. The molecule has 94 valence electrons. The molecule has 0 saturated carbocycles. The van der Waals surface area contributed by atoms with Gasteiger partial charge in [0, 0.05) is 23.3 Å². The van der Waals surface area contributed by atoms with Gasteiger partial charge in [0.15, 0.2) is 0 Å². The molecule has 1 unspecified atom stereocenters. The molecular weight excluding hydrogens is 288 g/mol. The number of nitrogens with zero attached hydrogens (tertiary/aromatic N) is 1. The van der Waals surface area contributed by atoms with Gasteiger partial charge >= 0.3 is 5.97 Å². The van der Waals surface area contributed by atoms with Crippen LogP contribution in [0.5, 0.6) is 0 Å². The smallest absolute Gasteiger partial charge is 0.305 e. The molecule has 1 amide bonds. The monoisotopic (exact) mass is 302 g/mol. The Bertz CT molecular complexity index is 417. The summed E-state index contributed by atoms with van der Waals surface area (Å²) in [5, 5.41) is 8.73. The van der Waals surface area contributed by atoms with Crippen molar-refractivity contribution in [1.82, 2.24) is 9.88 Å². The summed E-state index contributed by atoms with van der Waals surface area (Å²) in [6.07, 6.45) is 1.62. The molecule has 6 heteroatoms. The van der Waals surface area contributed by atoms with E-state index in [1.54, 1.807) is 19.2 Å². The lowest BCUT2D eigenvalue weighted by Crippen LogP contribution is -2.39. The van der Waals surface area contributed by atoms with Gasteiger partial charge in [-0.25, -0.2) is 0 Å². The van der Waals surface area contributed by atoms with E-state index in [9.17, 15) is 9.59 Å². The van der Waals surface area contributed by atoms with Gasteiger partial charge in [-0.1, -0.05) is 0 Å². The van der Waals surface area contributed by atoms with Crippen molar-refractivity contribution in [3.8, 4) is 0 Å². The Morgan fingerprint density at radius 2 is 2.24 bits per heavy atom. The van der Waals surface area contributed by atoms with Crippen molar-refractivity contribution in [2.45, 2.75) is 26.3 Å². The quantitative estimate of drug-likeness (QED) is 0.875. The minimum absolute atomic E-state index is 0.0541. The Morgan fingerprint density at radius 1 is 1.59 bits per heavy atom. The van der Waals surface area contributed by atoms with E-state index in [1.807, 2.05) is 6.92 Å². The number of amides is 1. The molecule has 0 radical (unpaired) electrons. The van der Waals surface area contributed by atoms with Crippen LogP contribution in [0.4, 0.5) is 0 Å². The average molecular weight is 303 g/mol. The predicted octanol–water partition coefficient (Wildman–Crippen LogP) is 2.10. The van der Waals surface area contributed by atoms with Crippen LogP contribution in [0.2, 0.25) is 0 Å². The van der Waals surface area contributed by atoms with E-state index >= 15 is 0 Å². The Kier molecular flexibility index (Phi) is 4.74. The number of aromatic amines is 1. The fourth-order valence-corrected chi connectivity index (χ4v) is 2.01. The first-order valence-electron chi connectivity index (χ1n) is 5.32. The van der Waals surface area contributed by atoms with E-state index in [0.29, 0.717) is 12.2 Å². The van der Waals surface area contributed by atoms with Gasteiger partial charge in [0.05, 0.1) is 6.42 Å². The van der Waals surface area contributed by atoms with Crippen molar-refractivity contribution >= 4 is 27.8 Å². The number of halogens is 1. The normalized spacial score (nSPS) is 12.2. The molecule has 0 bridgehead atoms. The van der Waals surface area contributed by atoms with Gasteiger partial charge in [0.25, 0.3) is 5.91 Å². The van der Waals surface area contributed by atoms with Crippen molar-refractivity contribution in [2.24, 2.45) is 0 Å². The number of aromatic nitrogens is 1. The molecular formula is C11H15BrN2O3. The molecule has 1 heterocycles. The molecule has 1 aromatic heterocycles. The summed E-state index contributed by atoms with van der Waals surface area (Å²) in [7, 11) is 0. The minimum atomic E-state index is -0.906. The molecule has 0 aromatic carbocycles. The second-order valence-electron chi connectivity index (χ2n) is 3.77. The highest BCUT2D eigenvalue weighted by Crippen LogP contribution is 2.14. The van der Waals surface area contributed by atoms with Crippen molar-refractivity contribution in [1.29, 1.82) is 0 Å². The fourth-order valence-electron chi connectivity index (χ4n) is 1.66. The summed E-state index contributed by atoms with van der Waals surface area (Å²) < 4.78 is 0.794. The Hall–Kier alpha value is -1.30. The van der Waals surface area contributed by atoms with Crippen LogP contribution in [0.1, 0.15) is 30.8 Å². The van der Waals surface area contributed by atoms with Crippen molar-refractivity contribution in [3.05, 3.63) is 22.4 Å². The van der Waals surface area contributed by atoms with E-state index in [4.69, 9.17) is 5.11 Å². The maximum atomic E-state index is 12.1. The third-order valence-electron chi connectivity index (χ3n) is 2.48. The number of nitrogens with one attached hydrogen (secondary N) is 1. The first-order valence-corrected chi connectivity index (χ1v) is 6.11. The number of hydrogen-bond acceptors (Lipinski definition) is 2. The SMILES string of the molecule is CCN(C(=O)c1cc(Br)c[nH]1)C(C)CC(=O)O. The highest BCUT2D eigenvalue weighted by atomic mass is 79.9. The summed E-state index contributed by atoms with van der Waals surface area (Å²) in [5.41, 5.74) is 0.455. The lowest BCUT2D eigenvalue weighted by atomic mass is 10.2. The maximum Gasteiger partial charge on any atom is 0.305 e. The second kappa shape index (κ2) is 5.86. The molecule has 0 aliphatic rings. The van der Waals surface area contributed by atoms with Crippen molar-refractivity contribution in [3.63, 3.8) is 0 Å². The number of carbonyl (C=O) groups excluding carboxylic acids is 1. The van der Waals surface area contributed by atoms with Crippen LogP contribution in [-0.4, -0.2) is 39.5 Å². The summed E-state index contributed by atoms with van der Waals surface area (Å²) in [6, 6.07) is 1.35. The molecule has 5 nitrogen and oxygen atoms in total. The predicted molar refractivity (Wildman–Crippen MR) is 66.9 cm³/mol. The largest absolute Gasteiger partial charge is 0.481 e. The third kappa shape index (κ3) is 3.59. The Labute approximate surface area is 108 Å². The molecule has 0 spiro atoms. The summed E-state index contributed by atoms with van der Waals surface area (Å²) in [4.78, 5) is 27.1. The van der Waals surface area contributed by atoms with Gasteiger partial charge in [0.2, 0.25) is 0 Å². The van der Waals surface area contributed by atoms with Gasteiger partial charge in [-0.3, -0.25) is 9.59 Å². The zero-order valence-electron chi connectivity index (χ0n) is 9.74. The second-order valence-corrected chi connectivity index (χ2v) is 4.69. The molecule has 1 rings (SSSR count). The van der Waals surface area contributed by atoms with Gasteiger partial charge in [-0.2, -0.15) is 0 Å². The van der Waals surface area contributed by atoms with E-state index < -0.39 is 5.97 Å². The van der Waals surface area contributed by atoms with Crippen molar-refractivity contribution in [2.75, 3.05) is 6.54 Å². The molecule has 0 saturated heterocycles. The van der Waals surface area contributed by atoms with Crippen LogP contribution in [0.3, 0.4) is 0 Å². The Balaban J connectivity index is 2.80. The van der Waals surface area contributed by atoms with E-state index in [-0.39, 0.29) is 18.4 Å². The summed E-state index contributed by atoms with van der Waals surface area (Å²) in [6.45, 7) is 4.03. The lowest BCUT2D eigenvalue weighted by molar-refractivity contribution is -0.138. The fraction of sp³-hybridized carbons (Fsp3) is 0.455. The zero-order chi connectivity index (χ0) is 13.0. The van der Waals surface area contributed by atoms with Gasteiger partial charge in [-0.05, 0) is 35.8 Å². The molecule has 0 aliphatic carbocycles. The number of rotatable bonds is 5. The van der Waals surface area contributed by atoms with Gasteiger partial charge < -0.3 is 15.0 Å². The first-order chi connectivity index (χ1) is 7.95. The number of carboxylic acid groups (broad SMARTS) is 1. The van der Waals surface area contributed by atoms with Crippen LogP contribution in [0, 0.1) is 0 Å². The minimum Gasteiger partial charge on any atom is -0.481 e. The van der Waals surface area contributed by atoms with Crippen LogP contribution in [0.15, 0.2) is 16.7 Å². The van der Waals surface area contributed by atoms with E-state index in [0.717, 1.165) is 4.47 Å². The van der Waals surface area contributed by atoms with Crippen molar-refractivity contribution < 1.29 is 14.7 Å². The third-order valence-corrected chi connectivity index (χ3v) is 2.94. The zero-order valence-corrected chi connectivity index (χ0v) is 11.3. The molecule has 2 N–H and O–H groups in total. The standard InChI is InChI=1S/C11H15BrN2O3/c1-3-14(7(2)4-10(15)16)11(17)9-5-8(12)6-13-9/h5-7,13H,3-4H2,1-2H3,(H,15,16). The number of H-pyrrole nitrogens is 1. The summed E-state index contributed by atoms with van der Waals surface area (Å²) in [5.74, 6) is -1.09. The number of aliphatic carboxylic acids is 1. The lowest BCUT2D eigenvalue weighted by Gasteiger charge is -2.26. The highest BCUT2D eigenvalue weighted by Gasteiger charge is 2.22.